The molecule has 1 aromatic rings. The van der Waals surface area contributed by atoms with Gasteiger partial charge in [-0.25, -0.2) is 0 Å². The quantitative estimate of drug-likeness (QED) is 0.490. The Morgan fingerprint density at radius 3 is 2.11 bits per heavy atom. The lowest BCUT2D eigenvalue weighted by Crippen LogP contribution is -2.48. The summed E-state index contributed by atoms with van der Waals surface area (Å²) in [5.41, 5.74) is 0.684. The lowest BCUT2D eigenvalue weighted by Gasteiger charge is -2.40. The third-order valence-corrected chi connectivity index (χ3v) is 9.67. The number of carbonyl (C=O) groups is 1. The molecule has 5 heteroatoms. The van der Waals surface area contributed by atoms with E-state index in [4.69, 9.17) is 9.16 Å². The highest BCUT2D eigenvalue weighted by Gasteiger charge is 2.41. The summed E-state index contributed by atoms with van der Waals surface area (Å²) >= 11 is 0. The molecule has 0 aliphatic rings. The molecule has 0 aromatic heterocycles. The highest BCUT2D eigenvalue weighted by Crippen LogP contribution is 2.38. The van der Waals surface area contributed by atoms with E-state index in [0.29, 0.717) is 13.1 Å². The highest BCUT2D eigenvalue weighted by molar-refractivity contribution is 6.74. The molecule has 1 rings (SSSR count). The van der Waals surface area contributed by atoms with Crippen molar-refractivity contribution in [2.45, 2.75) is 84.8 Å². The van der Waals surface area contributed by atoms with E-state index in [-0.39, 0.29) is 23.0 Å². The van der Waals surface area contributed by atoms with Crippen molar-refractivity contribution in [3.63, 3.8) is 0 Å². The van der Waals surface area contributed by atoms with Gasteiger partial charge in [-0.1, -0.05) is 51.1 Å². The SMILES string of the molecule is C[C@@H](O[Si](C)(C)C(C)(C)C)[C@H](CNCc1ccccc1)C(=O)OC(C)(C)C. The van der Waals surface area contributed by atoms with Gasteiger partial charge >= 0.3 is 5.97 Å². The maximum Gasteiger partial charge on any atom is 0.313 e. The van der Waals surface area contributed by atoms with Crippen molar-refractivity contribution in [2.24, 2.45) is 5.92 Å². The Kier molecular flexibility index (Phi) is 8.26. The Hall–Kier alpha value is -1.17. The van der Waals surface area contributed by atoms with E-state index in [1.807, 2.05) is 45.9 Å². The fourth-order valence-electron chi connectivity index (χ4n) is 2.51. The molecule has 0 saturated carbocycles. The van der Waals surface area contributed by atoms with E-state index in [0.717, 1.165) is 0 Å². The number of rotatable bonds is 8. The molecule has 27 heavy (non-hydrogen) atoms. The van der Waals surface area contributed by atoms with Gasteiger partial charge in [0.05, 0.1) is 12.0 Å². The Morgan fingerprint density at radius 2 is 1.63 bits per heavy atom. The van der Waals surface area contributed by atoms with Crippen LogP contribution in [-0.2, 0) is 20.5 Å². The van der Waals surface area contributed by atoms with Crippen molar-refractivity contribution in [1.82, 2.24) is 5.32 Å². The smallest absolute Gasteiger partial charge is 0.313 e. The molecule has 1 N–H and O–H groups in total. The molecule has 0 saturated heterocycles. The molecule has 154 valence electrons. The van der Waals surface area contributed by atoms with Crippen LogP contribution in [0.25, 0.3) is 0 Å². The average molecular weight is 394 g/mol. The molecule has 2 atom stereocenters. The summed E-state index contributed by atoms with van der Waals surface area (Å²) in [7, 11) is -1.97. The number of hydrogen-bond acceptors (Lipinski definition) is 4. The van der Waals surface area contributed by atoms with Gasteiger partial charge < -0.3 is 14.5 Å². The van der Waals surface area contributed by atoms with Crippen LogP contribution < -0.4 is 5.32 Å². The minimum absolute atomic E-state index is 0.0945. The van der Waals surface area contributed by atoms with Gasteiger partial charge in [0, 0.05) is 13.1 Å². The Balaban J connectivity index is 2.84. The second kappa shape index (κ2) is 9.35. The molecule has 1 aromatic carbocycles. The minimum atomic E-state index is -1.97. The van der Waals surface area contributed by atoms with Crippen LogP contribution in [0.2, 0.25) is 18.1 Å². The number of nitrogens with one attached hydrogen (secondary N) is 1. The third-order valence-electron chi connectivity index (χ3n) is 5.10. The first-order chi connectivity index (χ1) is 12.2. The van der Waals surface area contributed by atoms with Gasteiger partial charge in [-0.05, 0) is 51.4 Å². The monoisotopic (exact) mass is 393 g/mol. The summed E-state index contributed by atoms with van der Waals surface area (Å²) in [6.45, 7) is 20.0. The van der Waals surface area contributed by atoms with Crippen LogP contribution in [0.5, 0.6) is 0 Å². The zero-order valence-corrected chi connectivity index (χ0v) is 19.7. The lowest BCUT2D eigenvalue weighted by atomic mass is 10.0. The Labute approximate surface area is 167 Å². The summed E-state index contributed by atoms with van der Waals surface area (Å²) in [4.78, 5) is 12.9. The van der Waals surface area contributed by atoms with Gasteiger partial charge in [-0.3, -0.25) is 4.79 Å². The van der Waals surface area contributed by atoms with Crippen LogP contribution in [0.15, 0.2) is 30.3 Å². The highest BCUT2D eigenvalue weighted by atomic mass is 28.4. The van der Waals surface area contributed by atoms with Crippen molar-refractivity contribution in [2.75, 3.05) is 6.54 Å². The van der Waals surface area contributed by atoms with Crippen molar-refractivity contribution in [3.05, 3.63) is 35.9 Å². The van der Waals surface area contributed by atoms with Gasteiger partial charge in [0.1, 0.15) is 5.60 Å². The number of hydrogen-bond donors (Lipinski definition) is 1. The van der Waals surface area contributed by atoms with Crippen molar-refractivity contribution < 1.29 is 14.0 Å². The van der Waals surface area contributed by atoms with Crippen molar-refractivity contribution in [1.29, 1.82) is 0 Å². The molecule has 0 unspecified atom stereocenters. The van der Waals surface area contributed by atoms with Crippen molar-refractivity contribution >= 4 is 14.3 Å². The van der Waals surface area contributed by atoms with E-state index in [1.54, 1.807) is 0 Å². The molecule has 0 bridgehead atoms. The summed E-state index contributed by atoms with van der Waals surface area (Å²) in [5, 5.41) is 3.50. The second-order valence-electron chi connectivity index (χ2n) is 9.84. The van der Waals surface area contributed by atoms with Crippen LogP contribution in [0.4, 0.5) is 0 Å². The zero-order valence-electron chi connectivity index (χ0n) is 18.7. The zero-order chi connectivity index (χ0) is 20.9. The van der Waals surface area contributed by atoms with E-state index >= 15 is 0 Å². The maximum atomic E-state index is 12.9. The van der Waals surface area contributed by atoms with E-state index in [1.165, 1.54) is 5.56 Å². The molecule has 0 aliphatic carbocycles. The normalized spacial score (nSPS) is 15.3. The van der Waals surface area contributed by atoms with E-state index < -0.39 is 13.9 Å². The molecule has 0 heterocycles. The predicted octanol–water partition coefficient (Wildman–Crippen LogP) is 5.14. The molecular formula is C22H39NO3Si. The molecule has 0 fully saturated rings. The molecule has 0 spiro atoms. The molecular weight excluding hydrogens is 354 g/mol. The predicted molar refractivity (Wildman–Crippen MR) is 115 cm³/mol. The lowest BCUT2D eigenvalue weighted by molar-refractivity contribution is -0.163. The van der Waals surface area contributed by atoms with Gasteiger partial charge in [0.15, 0.2) is 8.32 Å². The second-order valence-corrected chi connectivity index (χ2v) is 14.6. The van der Waals surface area contributed by atoms with Crippen LogP contribution in [0.3, 0.4) is 0 Å². The van der Waals surface area contributed by atoms with Gasteiger partial charge in [-0.2, -0.15) is 0 Å². The summed E-state index contributed by atoms with van der Waals surface area (Å²) < 4.78 is 12.2. The van der Waals surface area contributed by atoms with Crippen LogP contribution in [-0.4, -0.2) is 32.5 Å². The average Bonchev–Trinajstić information content (AvgIpc) is 2.49. The Bertz CT molecular complexity index is 588. The first-order valence-electron chi connectivity index (χ1n) is 9.88. The minimum Gasteiger partial charge on any atom is -0.460 e. The summed E-state index contributed by atoms with van der Waals surface area (Å²) in [5.74, 6) is -0.545. The van der Waals surface area contributed by atoms with Gasteiger partial charge in [-0.15, -0.1) is 0 Å². The maximum absolute atomic E-state index is 12.9. The summed E-state index contributed by atoms with van der Waals surface area (Å²) in [6.07, 6.45) is -0.205. The molecule has 0 radical (unpaired) electrons. The molecule has 0 aliphatic heterocycles. The molecule has 0 amide bonds. The number of carbonyl (C=O) groups excluding carboxylic acids is 1. The van der Waals surface area contributed by atoms with Crippen LogP contribution >= 0.6 is 0 Å². The summed E-state index contributed by atoms with van der Waals surface area (Å²) in [6, 6.07) is 10.2. The van der Waals surface area contributed by atoms with Crippen molar-refractivity contribution in [3.8, 4) is 0 Å². The topological polar surface area (TPSA) is 47.6 Å². The van der Waals surface area contributed by atoms with Crippen LogP contribution in [0.1, 0.15) is 54.0 Å². The van der Waals surface area contributed by atoms with Gasteiger partial charge in [0.25, 0.3) is 0 Å². The number of esters is 1. The van der Waals surface area contributed by atoms with Crippen LogP contribution in [0, 0.1) is 5.92 Å². The largest absolute Gasteiger partial charge is 0.460 e. The number of ether oxygens (including phenoxy) is 1. The first-order valence-corrected chi connectivity index (χ1v) is 12.8. The standard InChI is InChI=1S/C22H39NO3Si/c1-17(26-27(8,9)22(5,6)7)19(20(24)25-21(2,3)4)16-23-15-18-13-11-10-12-14-18/h10-14,17,19,23H,15-16H2,1-9H3/t17-,19+/m1/s1. The Morgan fingerprint density at radius 1 is 1.07 bits per heavy atom. The van der Waals surface area contributed by atoms with Gasteiger partial charge in [0.2, 0.25) is 0 Å². The van der Waals surface area contributed by atoms with E-state index in [2.05, 4.69) is 51.3 Å². The fourth-order valence-corrected chi connectivity index (χ4v) is 3.96. The fraction of sp³-hybridized carbons (Fsp3) is 0.682. The first kappa shape index (κ1) is 23.9. The third kappa shape index (κ3) is 8.16. The van der Waals surface area contributed by atoms with E-state index in [9.17, 15) is 4.79 Å². The number of benzene rings is 1. The molecule has 4 nitrogen and oxygen atoms in total.